The van der Waals surface area contributed by atoms with Gasteiger partial charge in [-0.1, -0.05) is 0 Å². The monoisotopic (exact) mass is 330 g/mol. The first kappa shape index (κ1) is 16.2. The Morgan fingerprint density at radius 1 is 1.41 bits per heavy atom. The van der Waals surface area contributed by atoms with E-state index in [1.54, 1.807) is 6.92 Å². The van der Waals surface area contributed by atoms with E-state index in [-0.39, 0.29) is 11.6 Å². The van der Waals surface area contributed by atoms with Crippen molar-refractivity contribution in [3.63, 3.8) is 0 Å². The summed E-state index contributed by atoms with van der Waals surface area (Å²) in [6, 6.07) is 2.78. The molecule has 1 heterocycles. The third-order valence-electron chi connectivity index (χ3n) is 3.21. The molecule has 120 valence electrons. The Kier molecular flexibility index (Phi) is 4.10. The minimum atomic E-state index is -3.69. The van der Waals surface area contributed by atoms with Crippen LogP contribution in [0.1, 0.15) is 13.8 Å². The maximum atomic E-state index is 13.9. The zero-order valence-corrected chi connectivity index (χ0v) is 13.0. The minimum Gasteiger partial charge on any atom is -0.423 e. The average Bonchev–Trinajstić information content (AvgIpc) is 2.61. The summed E-state index contributed by atoms with van der Waals surface area (Å²) in [5, 5.41) is 2.46. The number of nitrogens with zero attached hydrogens (tertiary/aromatic N) is 1. The highest BCUT2D eigenvalue weighted by Crippen LogP contribution is 2.28. The molecule has 2 atom stereocenters. The number of carbonyl (C=O) groups excluding carboxylic acids is 2. The third-order valence-corrected chi connectivity index (χ3v) is 4.34. The molecule has 1 unspecified atom stereocenters. The Morgan fingerprint density at radius 3 is 2.55 bits per heavy atom. The second-order valence-corrected chi connectivity index (χ2v) is 6.99. The van der Waals surface area contributed by atoms with E-state index in [0.717, 1.165) is 23.3 Å². The third kappa shape index (κ3) is 3.03. The van der Waals surface area contributed by atoms with Crippen LogP contribution in [0, 0.1) is 5.82 Å². The maximum absolute atomic E-state index is 13.9. The fraction of sp³-hybridized carbons (Fsp3) is 0.385. The fourth-order valence-corrected chi connectivity index (χ4v) is 2.93. The lowest BCUT2D eigenvalue weighted by atomic mass is 10.2. The molecule has 1 saturated heterocycles. The van der Waals surface area contributed by atoms with Crippen LogP contribution in [-0.4, -0.2) is 38.9 Å². The molecule has 9 heteroatoms. The normalized spacial score (nSPS) is 21.6. The zero-order chi connectivity index (χ0) is 16.7. The number of cyclic esters (lactones) is 1. The van der Waals surface area contributed by atoms with E-state index < -0.39 is 38.9 Å². The average molecular weight is 330 g/mol. The van der Waals surface area contributed by atoms with Crippen molar-refractivity contribution >= 4 is 27.5 Å². The Morgan fingerprint density at radius 2 is 2.05 bits per heavy atom. The number of carbonyl (C=O) groups is 2. The van der Waals surface area contributed by atoms with Crippen molar-refractivity contribution in [2.75, 3.05) is 11.2 Å². The van der Waals surface area contributed by atoms with Crippen molar-refractivity contribution in [3.05, 3.63) is 24.0 Å². The lowest BCUT2D eigenvalue weighted by Crippen LogP contribution is -2.43. The fourth-order valence-electron chi connectivity index (χ4n) is 2.20. The highest BCUT2D eigenvalue weighted by atomic mass is 32.2. The van der Waals surface area contributed by atoms with Crippen molar-refractivity contribution in [1.29, 1.82) is 0 Å². The number of amides is 2. The van der Waals surface area contributed by atoms with Crippen molar-refractivity contribution in [1.82, 2.24) is 5.32 Å². The smallest absolute Gasteiger partial charge is 0.416 e. The van der Waals surface area contributed by atoms with E-state index in [1.807, 2.05) is 0 Å². The second kappa shape index (κ2) is 5.56. The van der Waals surface area contributed by atoms with E-state index >= 15 is 0 Å². The van der Waals surface area contributed by atoms with E-state index in [2.05, 4.69) is 5.32 Å². The van der Waals surface area contributed by atoms with Gasteiger partial charge in [-0.25, -0.2) is 17.6 Å². The molecule has 2 rings (SSSR count). The Labute approximate surface area is 127 Å². The summed E-state index contributed by atoms with van der Waals surface area (Å²) in [7, 11) is -3.69. The van der Waals surface area contributed by atoms with Gasteiger partial charge in [-0.05, 0) is 25.1 Å². The molecule has 0 saturated carbocycles. The van der Waals surface area contributed by atoms with Crippen molar-refractivity contribution in [2.24, 2.45) is 0 Å². The SMILES string of the molecule is CC(=O)N[C@H]1OC(=O)N(c2ccc(S(C)(=O)=O)c(F)c2)C1C. The summed E-state index contributed by atoms with van der Waals surface area (Å²) < 4.78 is 41.7. The number of nitrogens with one attached hydrogen (secondary N) is 1. The van der Waals surface area contributed by atoms with Crippen LogP contribution >= 0.6 is 0 Å². The number of halogens is 1. The van der Waals surface area contributed by atoms with Crippen molar-refractivity contribution in [3.8, 4) is 0 Å². The van der Waals surface area contributed by atoms with Gasteiger partial charge in [0.15, 0.2) is 16.1 Å². The van der Waals surface area contributed by atoms with Gasteiger partial charge in [-0.2, -0.15) is 0 Å². The number of benzene rings is 1. The standard InChI is InChI=1S/C13H15FN2O5S/c1-7-12(15-8(2)17)21-13(18)16(7)9-4-5-11(10(14)6-9)22(3,19)20/h4-7,12H,1-3H3,(H,15,17)/t7?,12-/m0/s1. The van der Waals surface area contributed by atoms with Crippen LogP contribution in [0.15, 0.2) is 23.1 Å². The first-order valence-corrected chi connectivity index (χ1v) is 8.27. The topological polar surface area (TPSA) is 92.8 Å². The largest absolute Gasteiger partial charge is 0.423 e. The van der Waals surface area contributed by atoms with Crippen LogP contribution in [-0.2, 0) is 19.4 Å². The lowest BCUT2D eigenvalue weighted by Gasteiger charge is -2.21. The van der Waals surface area contributed by atoms with Crippen LogP contribution in [0.3, 0.4) is 0 Å². The predicted molar refractivity (Wildman–Crippen MR) is 75.5 cm³/mol. The summed E-state index contributed by atoms with van der Waals surface area (Å²) in [5.41, 5.74) is 0.148. The molecular weight excluding hydrogens is 315 g/mol. The predicted octanol–water partition coefficient (Wildman–Crippen LogP) is 1.04. The summed E-state index contributed by atoms with van der Waals surface area (Å²) in [4.78, 5) is 23.6. The molecule has 0 aromatic heterocycles. The molecule has 1 aliphatic heterocycles. The Hall–Kier alpha value is -2.16. The molecular formula is C13H15FN2O5S. The molecule has 1 fully saturated rings. The van der Waals surface area contributed by atoms with E-state index in [0.29, 0.717) is 0 Å². The van der Waals surface area contributed by atoms with E-state index in [4.69, 9.17) is 4.74 Å². The van der Waals surface area contributed by atoms with Gasteiger partial charge < -0.3 is 10.1 Å². The molecule has 1 aromatic rings. The maximum Gasteiger partial charge on any atom is 0.416 e. The molecule has 0 aliphatic carbocycles. The van der Waals surface area contributed by atoms with Crippen molar-refractivity contribution < 1.29 is 27.1 Å². The summed E-state index contributed by atoms with van der Waals surface area (Å²) >= 11 is 0. The molecule has 2 amide bonds. The second-order valence-electron chi connectivity index (χ2n) is 5.00. The summed E-state index contributed by atoms with van der Waals surface area (Å²) in [6.07, 6.45) is -0.717. The van der Waals surface area contributed by atoms with E-state index in [1.165, 1.54) is 13.0 Å². The number of sulfone groups is 1. The highest BCUT2D eigenvalue weighted by Gasteiger charge is 2.40. The van der Waals surface area contributed by atoms with Gasteiger partial charge >= 0.3 is 6.09 Å². The Balaban J connectivity index is 2.34. The molecule has 0 spiro atoms. The van der Waals surface area contributed by atoms with Crippen LogP contribution in [0.5, 0.6) is 0 Å². The number of hydrogen-bond acceptors (Lipinski definition) is 5. The summed E-state index contributed by atoms with van der Waals surface area (Å²) in [5.74, 6) is -1.33. The number of rotatable bonds is 3. The molecule has 1 aliphatic rings. The molecule has 0 radical (unpaired) electrons. The van der Waals surface area contributed by atoms with Gasteiger partial charge in [0.2, 0.25) is 5.91 Å². The minimum absolute atomic E-state index is 0.148. The van der Waals surface area contributed by atoms with Crippen molar-refractivity contribution in [2.45, 2.75) is 31.0 Å². The highest BCUT2D eigenvalue weighted by molar-refractivity contribution is 7.90. The van der Waals surface area contributed by atoms with Crippen LogP contribution in [0.4, 0.5) is 14.9 Å². The lowest BCUT2D eigenvalue weighted by molar-refractivity contribution is -0.121. The summed E-state index contributed by atoms with van der Waals surface area (Å²) in [6.45, 7) is 2.90. The van der Waals surface area contributed by atoms with Crippen LogP contribution in [0.25, 0.3) is 0 Å². The number of ether oxygens (including phenoxy) is 1. The van der Waals surface area contributed by atoms with Gasteiger partial charge in [0.25, 0.3) is 0 Å². The van der Waals surface area contributed by atoms with Gasteiger partial charge in [0.05, 0.1) is 11.7 Å². The first-order chi connectivity index (χ1) is 10.1. The molecule has 1 aromatic carbocycles. The van der Waals surface area contributed by atoms with Gasteiger partial charge in [0, 0.05) is 13.2 Å². The van der Waals surface area contributed by atoms with Gasteiger partial charge in [-0.15, -0.1) is 0 Å². The van der Waals surface area contributed by atoms with Crippen LogP contribution < -0.4 is 10.2 Å². The number of hydrogen-bond donors (Lipinski definition) is 1. The van der Waals surface area contributed by atoms with Gasteiger partial charge in [0.1, 0.15) is 10.7 Å². The van der Waals surface area contributed by atoms with Gasteiger partial charge in [-0.3, -0.25) is 9.69 Å². The molecule has 7 nitrogen and oxygen atoms in total. The van der Waals surface area contributed by atoms with Crippen LogP contribution in [0.2, 0.25) is 0 Å². The zero-order valence-electron chi connectivity index (χ0n) is 12.2. The Bertz CT molecular complexity index is 734. The first-order valence-electron chi connectivity index (χ1n) is 6.38. The molecule has 22 heavy (non-hydrogen) atoms. The van der Waals surface area contributed by atoms with E-state index in [9.17, 15) is 22.4 Å². The molecule has 0 bridgehead atoms. The quantitative estimate of drug-likeness (QED) is 0.894. The molecule has 1 N–H and O–H groups in total. The number of anilines is 1.